The van der Waals surface area contributed by atoms with Crippen LogP contribution in [0.5, 0.6) is 0 Å². The Morgan fingerprint density at radius 1 is 1.30 bits per heavy atom. The van der Waals surface area contributed by atoms with Crippen LogP contribution in [0, 0.1) is 6.92 Å². The highest BCUT2D eigenvalue weighted by molar-refractivity contribution is 7.18. The van der Waals surface area contributed by atoms with Gasteiger partial charge in [-0.05, 0) is 31.0 Å². The molecule has 0 amide bonds. The highest BCUT2D eigenvalue weighted by Crippen LogP contribution is 2.29. The summed E-state index contributed by atoms with van der Waals surface area (Å²) in [5, 5.41) is 4.59. The molecule has 0 radical (unpaired) electrons. The van der Waals surface area contributed by atoms with Gasteiger partial charge in [-0.1, -0.05) is 0 Å². The second-order valence-electron chi connectivity index (χ2n) is 4.30. The van der Waals surface area contributed by atoms with Crippen LogP contribution in [-0.4, -0.2) is 43.4 Å². The van der Waals surface area contributed by atoms with Crippen molar-refractivity contribution < 1.29 is 9.47 Å². The fourth-order valence-corrected chi connectivity index (χ4v) is 2.87. The number of fused-ring (bicyclic) bond motifs is 1. The summed E-state index contributed by atoms with van der Waals surface area (Å²) in [7, 11) is 1.66. The van der Waals surface area contributed by atoms with E-state index >= 15 is 0 Å². The number of nitrogens with one attached hydrogen (secondary N) is 1. The van der Waals surface area contributed by atoms with Gasteiger partial charge in [0, 0.05) is 25.1 Å². The van der Waals surface area contributed by atoms with E-state index in [9.17, 15) is 0 Å². The molecule has 5 nitrogen and oxygen atoms in total. The van der Waals surface area contributed by atoms with Gasteiger partial charge in [0.15, 0.2) is 0 Å². The van der Waals surface area contributed by atoms with Crippen molar-refractivity contribution in [1.82, 2.24) is 9.97 Å². The van der Waals surface area contributed by atoms with Crippen LogP contribution in [0.2, 0.25) is 5.28 Å². The van der Waals surface area contributed by atoms with E-state index in [1.807, 2.05) is 6.92 Å². The van der Waals surface area contributed by atoms with Gasteiger partial charge in [-0.15, -0.1) is 11.3 Å². The summed E-state index contributed by atoms with van der Waals surface area (Å²) in [4.78, 5) is 10.6. The minimum absolute atomic E-state index is 0.276. The summed E-state index contributed by atoms with van der Waals surface area (Å²) in [6.07, 6.45) is 0.899. The predicted molar refractivity (Wildman–Crippen MR) is 83.0 cm³/mol. The van der Waals surface area contributed by atoms with Gasteiger partial charge in [0.1, 0.15) is 10.6 Å². The number of hydrogen-bond acceptors (Lipinski definition) is 6. The minimum Gasteiger partial charge on any atom is -0.382 e. The van der Waals surface area contributed by atoms with Crippen molar-refractivity contribution in [1.29, 1.82) is 0 Å². The van der Waals surface area contributed by atoms with Gasteiger partial charge in [-0.2, -0.15) is 0 Å². The molecule has 20 heavy (non-hydrogen) atoms. The number of ether oxygens (including phenoxy) is 2. The van der Waals surface area contributed by atoms with Crippen molar-refractivity contribution in [3.63, 3.8) is 0 Å². The van der Waals surface area contributed by atoms with Crippen LogP contribution in [0.1, 0.15) is 11.3 Å². The van der Waals surface area contributed by atoms with Crippen LogP contribution < -0.4 is 5.32 Å². The summed E-state index contributed by atoms with van der Waals surface area (Å²) in [6, 6.07) is 2.08. The number of hydrogen-bond donors (Lipinski definition) is 1. The molecule has 0 unspecified atom stereocenters. The molecule has 0 spiro atoms. The van der Waals surface area contributed by atoms with Crippen LogP contribution in [0.3, 0.4) is 0 Å². The largest absolute Gasteiger partial charge is 0.382 e. The zero-order chi connectivity index (χ0) is 14.4. The number of aromatic nitrogens is 2. The molecule has 110 valence electrons. The normalized spacial score (nSPS) is 11.2. The maximum atomic E-state index is 5.94. The third-order valence-electron chi connectivity index (χ3n) is 2.68. The summed E-state index contributed by atoms with van der Waals surface area (Å²) in [5.74, 6) is 0.793. The Morgan fingerprint density at radius 2 is 2.15 bits per heavy atom. The first kappa shape index (κ1) is 15.4. The van der Waals surface area contributed by atoms with E-state index in [0.717, 1.165) is 29.0 Å². The lowest BCUT2D eigenvalue weighted by Gasteiger charge is -2.07. The molecule has 1 N–H and O–H groups in total. The van der Waals surface area contributed by atoms with Gasteiger partial charge in [-0.3, -0.25) is 0 Å². The zero-order valence-corrected chi connectivity index (χ0v) is 13.2. The molecule has 0 bridgehead atoms. The molecule has 0 saturated heterocycles. The SMILES string of the molecule is COCCOCCCNc1nc(Cl)nc2sc(C)cc12. The summed E-state index contributed by atoms with van der Waals surface area (Å²) < 4.78 is 10.3. The molecular weight excluding hydrogens is 298 g/mol. The molecular formula is C13H18ClN3O2S. The Kier molecular flexibility index (Phi) is 5.97. The number of aryl methyl sites for hydroxylation is 1. The van der Waals surface area contributed by atoms with Crippen molar-refractivity contribution in [2.45, 2.75) is 13.3 Å². The van der Waals surface area contributed by atoms with Crippen molar-refractivity contribution in [3.8, 4) is 0 Å². The van der Waals surface area contributed by atoms with E-state index in [1.54, 1.807) is 18.4 Å². The Morgan fingerprint density at radius 3 is 2.95 bits per heavy atom. The van der Waals surface area contributed by atoms with E-state index in [4.69, 9.17) is 21.1 Å². The van der Waals surface area contributed by atoms with Crippen LogP contribution >= 0.6 is 22.9 Å². The standard InChI is InChI=1S/C13H18ClN3O2S/c1-9-8-10-11(16-13(14)17-12(10)20-9)15-4-3-5-19-7-6-18-2/h8H,3-7H2,1-2H3,(H,15,16,17). The number of methoxy groups -OCH3 is 1. The van der Waals surface area contributed by atoms with Crippen molar-refractivity contribution in [3.05, 3.63) is 16.2 Å². The van der Waals surface area contributed by atoms with Gasteiger partial charge in [0.05, 0.1) is 18.6 Å². The smallest absolute Gasteiger partial charge is 0.225 e. The average Bonchev–Trinajstić information content (AvgIpc) is 2.77. The molecule has 0 aliphatic rings. The highest BCUT2D eigenvalue weighted by atomic mass is 35.5. The van der Waals surface area contributed by atoms with Crippen LogP contribution in [-0.2, 0) is 9.47 Å². The maximum absolute atomic E-state index is 5.94. The molecule has 0 saturated carbocycles. The fourth-order valence-electron chi connectivity index (χ4n) is 1.78. The van der Waals surface area contributed by atoms with Gasteiger partial charge in [0.25, 0.3) is 0 Å². The highest BCUT2D eigenvalue weighted by Gasteiger charge is 2.09. The number of nitrogens with zero attached hydrogens (tertiary/aromatic N) is 2. The fraction of sp³-hybridized carbons (Fsp3) is 0.538. The molecule has 2 heterocycles. The lowest BCUT2D eigenvalue weighted by atomic mass is 10.3. The lowest BCUT2D eigenvalue weighted by molar-refractivity contribution is 0.0705. The van der Waals surface area contributed by atoms with E-state index in [0.29, 0.717) is 19.8 Å². The molecule has 2 aromatic rings. The van der Waals surface area contributed by atoms with Crippen LogP contribution in [0.4, 0.5) is 5.82 Å². The maximum Gasteiger partial charge on any atom is 0.225 e. The second-order valence-corrected chi connectivity index (χ2v) is 5.88. The van der Waals surface area contributed by atoms with E-state index in [2.05, 4.69) is 21.4 Å². The van der Waals surface area contributed by atoms with Gasteiger partial charge >= 0.3 is 0 Å². The molecule has 0 aliphatic heterocycles. The molecule has 7 heteroatoms. The lowest BCUT2D eigenvalue weighted by Crippen LogP contribution is -2.09. The van der Waals surface area contributed by atoms with E-state index < -0.39 is 0 Å². The van der Waals surface area contributed by atoms with E-state index in [1.165, 1.54) is 4.88 Å². The molecule has 2 aromatic heterocycles. The van der Waals surface area contributed by atoms with E-state index in [-0.39, 0.29) is 5.28 Å². The van der Waals surface area contributed by atoms with Crippen LogP contribution in [0.15, 0.2) is 6.07 Å². The minimum atomic E-state index is 0.276. The molecule has 0 aromatic carbocycles. The average molecular weight is 316 g/mol. The molecule has 2 rings (SSSR count). The molecule has 0 atom stereocenters. The first-order chi connectivity index (χ1) is 9.70. The number of rotatable bonds is 8. The topological polar surface area (TPSA) is 56.3 Å². The van der Waals surface area contributed by atoms with Gasteiger partial charge in [0.2, 0.25) is 5.28 Å². The van der Waals surface area contributed by atoms with Crippen LogP contribution in [0.25, 0.3) is 10.2 Å². The quantitative estimate of drug-likeness (QED) is 0.599. The molecule has 0 aliphatic carbocycles. The Balaban J connectivity index is 1.86. The Labute approximate surface area is 127 Å². The first-order valence-corrected chi connectivity index (χ1v) is 7.64. The Hall–Kier alpha value is -0.950. The summed E-state index contributed by atoms with van der Waals surface area (Å²) >= 11 is 7.56. The van der Waals surface area contributed by atoms with Gasteiger partial charge in [-0.25, -0.2) is 9.97 Å². The zero-order valence-electron chi connectivity index (χ0n) is 11.6. The van der Waals surface area contributed by atoms with Crippen molar-refractivity contribution >= 4 is 39.0 Å². The number of thiophene rings is 1. The van der Waals surface area contributed by atoms with Gasteiger partial charge < -0.3 is 14.8 Å². The van der Waals surface area contributed by atoms with Crippen molar-refractivity contribution in [2.75, 3.05) is 38.8 Å². The number of anilines is 1. The monoisotopic (exact) mass is 315 g/mol. The third kappa shape index (κ3) is 4.28. The third-order valence-corrected chi connectivity index (χ3v) is 3.79. The summed E-state index contributed by atoms with van der Waals surface area (Å²) in [6.45, 7) is 4.78. The first-order valence-electron chi connectivity index (χ1n) is 6.45. The summed E-state index contributed by atoms with van der Waals surface area (Å²) in [5.41, 5.74) is 0. The molecule has 0 fully saturated rings. The second kappa shape index (κ2) is 7.73. The number of halogens is 1. The predicted octanol–water partition coefficient (Wildman–Crippen LogP) is 3.12. The Bertz CT molecular complexity index is 562. The van der Waals surface area contributed by atoms with Crippen molar-refractivity contribution in [2.24, 2.45) is 0 Å².